The summed E-state index contributed by atoms with van der Waals surface area (Å²) in [6, 6.07) is 3.92. The Kier molecular flexibility index (Phi) is 9.37. The van der Waals surface area contributed by atoms with Crippen LogP contribution in [0.2, 0.25) is 0 Å². The first-order valence-electron chi connectivity index (χ1n) is 10.6. The number of para-hydroxylation sites is 1. The summed E-state index contributed by atoms with van der Waals surface area (Å²) in [5, 5.41) is 26.6. The first-order valence-corrected chi connectivity index (χ1v) is 10.6. The number of nitrogens with one attached hydrogen (secondary N) is 4. The van der Waals surface area contributed by atoms with E-state index in [2.05, 4.69) is 20.9 Å². The molecular weight excluding hydrogens is 430 g/mol. The minimum atomic E-state index is -1.50. The highest BCUT2D eigenvalue weighted by Gasteiger charge is 2.30. The average molecular weight is 462 g/mol. The van der Waals surface area contributed by atoms with Gasteiger partial charge in [0.2, 0.25) is 17.7 Å². The molecule has 0 saturated carbocycles. The number of aromatic amines is 1. The summed E-state index contributed by atoms with van der Waals surface area (Å²) in [5.41, 5.74) is 7.07. The summed E-state index contributed by atoms with van der Waals surface area (Å²) in [4.78, 5) is 52.0. The Morgan fingerprint density at radius 3 is 2.24 bits per heavy atom. The van der Waals surface area contributed by atoms with Crippen molar-refractivity contribution in [3.63, 3.8) is 0 Å². The second-order valence-corrected chi connectivity index (χ2v) is 8.16. The fourth-order valence-electron chi connectivity index (χ4n) is 3.42. The molecule has 2 rings (SSSR count). The molecule has 0 bridgehead atoms. The van der Waals surface area contributed by atoms with Crippen LogP contribution in [-0.2, 0) is 25.6 Å². The number of carboxylic acid groups (broad SMARTS) is 1. The second-order valence-electron chi connectivity index (χ2n) is 8.16. The quantitative estimate of drug-likeness (QED) is 0.216. The number of nitrogens with two attached hydrogens (primary N) is 1. The third-order valence-corrected chi connectivity index (χ3v) is 5.07. The maximum atomic E-state index is 13.1. The Bertz CT molecular complexity index is 989. The number of fused-ring (bicyclic) bond motifs is 1. The van der Waals surface area contributed by atoms with Gasteiger partial charge in [0.1, 0.15) is 18.1 Å². The Morgan fingerprint density at radius 2 is 1.64 bits per heavy atom. The highest BCUT2D eigenvalue weighted by Crippen LogP contribution is 2.19. The first kappa shape index (κ1) is 25.8. The summed E-state index contributed by atoms with van der Waals surface area (Å²) >= 11 is 0. The average Bonchev–Trinajstić information content (AvgIpc) is 3.18. The molecule has 0 saturated heterocycles. The lowest BCUT2D eigenvalue weighted by Gasteiger charge is -2.25. The topological polar surface area (TPSA) is 187 Å². The highest BCUT2D eigenvalue weighted by molar-refractivity contribution is 5.94. The van der Waals surface area contributed by atoms with Crippen LogP contribution in [0.1, 0.15) is 25.8 Å². The molecule has 180 valence electrons. The number of benzene rings is 1. The van der Waals surface area contributed by atoms with Crippen LogP contribution < -0.4 is 21.7 Å². The Hall–Kier alpha value is -3.44. The van der Waals surface area contributed by atoms with Crippen LogP contribution >= 0.6 is 0 Å². The zero-order valence-corrected chi connectivity index (χ0v) is 18.6. The van der Waals surface area contributed by atoms with Gasteiger partial charge in [-0.05, 0) is 24.0 Å². The maximum Gasteiger partial charge on any atom is 0.328 e. The van der Waals surface area contributed by atoms with Gasteiger partial charge in [-0.15, -0.1) is 0 Å². The van der Waals surface area contributed by atoms with E-state index in [1.807, 2.05) is 38.1 Å². The zero-order valence-electron chi connectivity index (χ0n) is 18.6. The number of H-pyrrole nitrogens is 1. The number of aliphatic hydroxyl groups is 1. The molecule has 3 unspecified atom stereocenters. The van der Waals surface area contributed by atoms with Crippen LogP contribution in [-0.4, -0.2) is 70.2 Å². The van der Waals surface area contributed by atoms with E-state index in [-0.39, 0.29) is 25.3 Å². The Labute approximate surface area is 191 Å². The lowest BCUT2D eigenvalue weighted by atomic mass is 10.0. The van der Waals surface area contributed by atoms with Gasteiger partial charge in [-0.1, -0.05) is 32.0 Å². The van der Waals surface area contributed by atoms with Gasteiger partial charge < -0.3 is 36.9 Å². The van der Waals surface area contributed by atoms with Gasteiger partial charge in [0.15, 0.2) is 0 Å². The molecule has 3 atom stereocenters. The molecule has 1 aromatic carbocycles. The van der Waals surface area contributed by atoms with E-state index in [4.69, 9.17) is 10.8 Å². The molecule has 2 aromatic rings. The van der Waals surface area contributed by atoms with Gasteiger partial charge >= 0.3 is 5.97 Å². The zero-order chi connectivity index (χ0) is 24.5. The minimum absolute atomic E-state index is 0.0100. The number of hydrogen-bond donors (Lipinski definition) is 7. The largest absolute Gasteiger partial charge is 0.480 e. The lowest BCUT2D eigenvalue weighted by Crippen LogP contribution is -2.57. The molecule has 0 fully saturated rings. The summed E-state index contributed by atoms with van der Waals surface area (Å²) in [5.74, 6) is -3.30. The number of amides is 3. The van der Waals surface area contributed by atoms with Crippen molar-refractivity contribution in [2.45, 2.75) is 44.8 Å². The predicted octanol–water partition coefficient (Wildman–Crippen LogP) is -0.753. The molecule has 1 heterocycles. The molecule has 1 aromatic heterocycles. The number of aliphatic hydroxyl groups excluding tert-OH is 1. The summed E-state index contributed by atoms with van der Waals surface area (Å²) in [6.45, 7) is 2.57. The molecule has 0 radical (unpaired) electrons. The fraction of sp³-hybridized carbons (Fsp3) is 0.455. The number of aliphatic carboxylic acids is 1. The lowest BCUT2D eigenvalue weighted by molar-refractivity contribution is -0.143. The molecule has 3 amide bonds. The number of hydrogen-bond acceptors (Lipinski definition) is 6. The SMILES string of the molecule is CC(C)CC(NC(=O)C(Cc1c[nH]c2ccccc12)NC(=O)CN)C(=O)NC(CO)C(=O)O. The summed E-state index contributed by atoms with van der Waals surface area (Å²) in [6.07, 6.45) is 2.11. The van der Waals surface area contributed by atoms with Crippen molar-refractivity contribution in [2.75, 3.05) is 13.2 Å². The van der Waals surface area contributed by atoms with Crippen molar-refractivity contribution in [3.05, 3.63) is 36.0 Å². The van der Waals surface area contributed by atoms with E-state index >= 15 is 0 Å². The van der Waals surface area contributed by atoms with Crippen LogP contribution in [0, 0.1) is 5.92 Å². The molecule has 11 heteroatoms. The van der Waals surface area contributed by atoms with Gasteiger partial charge in [-0.2, -0.15) is 0 Å². The summed E-state index contributed by atoms with van der Waals surface area (Å²) in [7, 11) is 0. The number of rotatable bonds is 12. The van der Waals surface area contributed by atoms with E-state index in [1.165, 1.54) is 0 Å². The van der Waals surface area contributed by atoms with E-state index in [0.717, 1.165) is 16.5 Å². The van der Waals surface area contributed by atoms with Gasteiger partial charge in [-0.3, -0.25) is 14.4 Å². The van der Waals surface area contributed by atoms with Gasteiger partial charge in [0, 0.05) is 23.5 Å². The number of carboxylic acids is 1. The van der Waals surface area contributed by atoms with Crippen molar-refractivity contribution >= 4 is 34.6 Å². The third kappa shape index (κ3) is 7.29. The van der Waals surface area contributed by atoms with Gasteiger partial charge in [0.05, 0.1) is 13.2 Å². The number of carbonyl (C=O) groups excluding carboxylic acids is 3. The standard InChI is InChI=1S/C22H31N5O6/c1-12(2)7-16(20(30)27-18(11-28)22(32)33)26-21(31)17(25-19(29)9-23)8-13-10-24-15-6-4-3-5-14(13)15/h3-6,10,12,16-18,24,28H,7-9,11,23H2,1-2H3,(H,25,29)(H,26,31)(H,27,30)(H,32,33). The van der Waals surface area contributed by atoms with Crippen molar-refractivity contribution in [3.8, 4) is 0 Å². The fourth-order valence-corrected chi connectivity index (χ4v) is 3.42. The van der Waals surface area contributed by atoms with Crippen molar-refractivity contribution in [1.82, 2.24) is 20.9 Å². The molecular formula is C22H31N5O6. The maximum absolute atomic E-state index is 13.1. The molecule has 0 aliphatic heterocycles. The Morgan fingerprint density at radius 1 is 1.00 bits per heavy atom. The Balaban J connectivity index is 2.23. The molecule has 11 nitrogen and oxygen atoms in total. The monoisotopic (exact) mass is 461 g/mol. The third-order valence-electron chi connectivity index (χ3n) is 5.07. The van der Waals surface area contributed by atoms with E-state index < -0.39 is 48.4 Å². The highest BCUT2D eigenvalue weighted by atomic mass is 16.4. The number of carbonyl (C=O) groups is 4. The smallest absolute Gasteiger partial charge is 0.328 e. The minimum Gasteiger partial charge on any atom is -0.480 e. The van der Waals surface area contributed by atoms with E-state index in [9.17, 15) is 24.3 Å². The molecule has 33 heavy (non-hydrogen) atoms. The molecule has 0 aliphatic carbocycles. The van der Waals surface area contributed by atoms with Crippen molar-refractivity contribution < 1.29 is 29.4 Å². The van der Waals surface area contributed by atoms with Crippen LogP contribution in [0.25, 0.3) is 10.9 Å². The van der Waals surface area contributed by atoms with Crippen molar-refractivity contribution in [2.24, 2.45) is 11.7 Å². The normalized spacial score (nSPS) is 13.8. The molecule has 8 N–H and O–H groups in total. The van der Waals surface area contributed by atoms with Gasteiger partial charge in [-0.25, -0.2) is 4.79 Å². The van der Waals surface area contributed by atoms with Crippen LogP contribution in [0.4, 0.5) is 0 Å². The molecule has 0 spiro atoms. The van der Waals surface area contributed by atoms with Crippen LogP contribution in [0.15, 0.2) is 30.5 Å². The van der Waals surface area contributed by atoms with Gasteiger partial charge in [0.25, 0.3) is 0 Å². The van der Waals surface area contributed by atoms with E-state index in [0.29, 0.717) is 0 Å². The van der Waals surface area contributed by atoms with Crippen molar-refractivity contribution in [1.29, 1.82) is 0 Å². The second kappa shape index (κ2) is 12.0. The summed E-state index contributed by atoms with van der Waals surface area (Å²) < 4.78 is 0. The number of aromatic nitrogens is 1. The van der Waals surface area contributed by atoms with Crippen LogP contribution in [0.5, 0.6) is 0 Å². The van der Waals surface area contributed by atoms with E-state index in [1.54, 1.807) is 6.20 Å². The predicted molar refractivity (Wildman–Crippen MR) is 121 cm³/mol. The molecule has 0 aliphatic rings. The van der Waals surface area contributed by atoms with Crippen LogP contribution in [0.3, 0.4) is 0 Å². The first-order chi connectivity index (χ1) is 15.7.